The first kappa shape index (κ1) is 12.8. The molecule has 2 aliphatic carbocycles. The minimum absolute atomic E-state index is 0.108. The van der Waals surface area contributed by atoms with Gasteiger partial charge in [0.25, 0.3) is 0 Å². The minimum Gasteiger partial charge on any atom is -0.318 e. The molecule has 0 radical (unpaired) electrons. The maximum atomic E-state index is 12.4. The van der Waals surface area contributed by atoms with Crippen LogP contribution in [0.5, 0.6) is 0 Å². The summed E-state index contributed by atoms with van der Waals surface area (Å²) in [5.74, 6) is 2.81. The summed E-state index contributed by atoms with van der Waals surface area (Å²) in [5.41, 5.74) is 0. The Balaban J connectivity index is 1.57. The number of rotatable bonds is 3. The highest BCUT2D eigenvalue weighted by Gasteiger charge is 2.46. The highest BCUT2D eigenvalue weighted by molar-refractivity contribution is 7.10. The smallest absolute Gasteiger partial charge is 0.238 e. The Morgan fingerprint density at radius 1 is 1.40 bits per heavy atom. The van der Waals surface area contributed by atoms with Gasteiger partial charge in [-0.1, -0.05) is 12.5 Å². The van der Waals surface area contributed by atoms with Gasteiger partial charge in [-0.15, -0.1) is 11.3 Å². The predicted molar refractivity (Wildman–Crippen MR) is 80.3 cm³/mol. The second-order valence-electron chi connectivity index (χ2n) is 6.68. The quantitative estimate of drug-likeness (QED) is 0.928. The molecule has 4 rings (SSSR count). The molecule has 5 atom stereocenters. The fraction of sp³-hybridized carbons (Fsp3) is 0.688. The third-order valence-corrected chi connectivity index (χ3v) is 6.60. The van der Waals surface area contributed by atoms with Crippen LogP contribution in [0.3, 0.4) is 0 Å². The van der Waals surface area contributed by atoms with Gasteiger partial charge in [0, 0.05) is 10.9 Å². The van der Waals surface area contributed by atoms with Crippen molar-refractivity contribution in [3.05, 3.63) is 22.4 Å². The van der Waals surface area contributed by atoms with Gasteiger partial charge in [0.2, 0.25) is 5.91 Å². The first-order valence-electron chi connectivity index (χ1n) is 7.82. The summed E-state index contributed by atoms with van der Waals surface area (Å²) in [6, 6.07) is 4.59. The molecule has 1 aliphatic heterocycles. The molecule has 2 bridgehead atoms. The Bertz CT molecular complexity index is 501. The van der Waals surface area contributed by atoms with Gasteiger partial charge in [-0.3, -0.25) is 10.1 Å². The van der Waals surface area contributed by atoms with Gasteiger partial charge in [-0.05, 0) is 55.4 Å². The Kier molecular flexibility index (Phi) is 3.11. The SMILES string of the molecule is CC(C1CC2CCC1C2)N1C(=O)CNC1c1cccs1. The molecule has 1 amide bonds. The molecule has 5 unspecified atom stereocenters. The lowest BCUT2D eigenvalue weighted by Crippen LogP contribution is -2.43. The average Bonchev–Trinajstić information content (AvgIpc) is 3.21. The van der Waals surface area contributed by atoms with Crippen molar-refractivity contribution in [3.8, 4) is 0 Å². The van der Waals surface area contributed by atoms with Crippen molar-refractivity contribution in [3.63, 3.8) is 0 Å². The second kappa shape index (κ2) is 4.85. The predicted octanol–water partition coefficient (Wildman–Crippen LogP) is 3.00. The van der Waals surface area contributed by atoms with Crippen molar-refractivity contribution in [1.29, 1.82) is 0 Å². The summed E-state index contributed by atoms with van der Waals surface area (Å²) < 4.78 is 0. The third kappa shape index (κ3) is 1.92. The molecule has 108 valence electrons. The molecule has 2 heterocycles. The number of carbonyl (C=O) groups excluding carboxylic acids is 1. The molecule has 1 aromatic rings. The number of hydrogen-bond donors (Lipinski definition) is 1. The van der Waals surface area contributed by atoms with Crippen molar-refractivity contribution >= 4 is 17.2 Å². The Morgan fingerprint density at radius 2 is 2.30 bits per heavy atom. The Labute approximate surface area is 124 Å². The van der Waals surface area contributed by atoms with Crippen LogP contribution >= 0.6 is 11.3 Å². The first-order valence-corrected chi connectivity index (χ1v) is 8.70. The van der Waals surface area contributed by atoms with Crippen molar-refractivity contribution < 1.29 is 4.79 Å². The summed E-state index contributed by atoms with van der Waals surface area (Å²) in [6.45, 7) is 2.77. The summed E-state index contributed by atoms with van der Waals surface area (Å²) in [6.07, 6.45) is 5.67. The van der Waals surface area contributed by atoms with E-state index in [1.807, 2.05) is 0 Å². The fourth-order valence-electron chi connectivity index (χ4n) is 4.76. The Morgan fingerprint density at radius 3 is 2.95 bits per heavy atom. The summed E-state index contributed by atoms with van der Waals surface area (Å²) >= 11 is 1.74. The van der Waals surface area contributed by atoms with Crippen LogP contribution in [0.4, 0.5) is 0 Å². The largest absolute Gasteiger partial charge is 0.318 e. The van der Waals surface area contributed by atoms with Crippen LogP contribution in [0, 0.1) is 17.8 Å². The highest BCUT2D eigenvalue weighted by Crippen LogP contribution is 2.51. The van der Waals surface area contributed by atoms with E-state index in [1.165, 1.54) is 30.6 Å². The fourth-order valence-corrected chi connectivity index (χ4v) is 5.55. The van der Waals surface area contributed by atoms with Gasteiger partial charge in [0.05, 0.1) is 6.54 Å². The third-order valence-electron chi connectivity index (χ3n) is 5.68. The highest BCUT2D eigenvalue weighted by atomic mass is 32.1. The van der Waals surface area contributed by atoms with Gasteiger partial charge < -0.3 is 4.90 Å². The summed E-state index contributed by atoms with van der Waals surface area (Å²) in [7, 11) is 0. The molecule has 4 heteroatoms. The maximum absolute atomic E-state index is 12.4. The molecule has 2 saturated carbocycles. The Hall–Kier alpha value is -0.870. The maximum Gasteiger partial charge on any atom is 0.238 e. The number of carbonyl (C=O) groups is 1. The van der Waals surface area contributed by atoms with E-state index >= 15 is 0 Å². The molecule has 0 aromatic carbocycles. The van der Waals surface area contributed by atoms with Gasteiger partial charge >= 0.3 is 0 Å². The second-order valence-corrected chi connectivity index (χ2v) is 7.66. The van der Waals surface area contributed by atoms with Crippen molar-refractivity contribution in [2.45, 2.75) is 44.8 Å². The zero-order valence-electron chi connectivity index (χ0n) is 11.9. The van der Waals surface area contributed by atoms with E-state index in [1.54, 1.807) is 11.3 Å². The number of amides is 1. The van der Waals surface area contributed by atoms with Gasteiger partial charge in [0.15, 0.2) is 0 Å². The number of nitrogens with one attached hydrogen (secondary N) is 1. The molecule has 1 saturated heterocycles. The number of thiophene rings is 1. The first-order chi connectivity index (χ1) is 9.74. The van der Waals surface area contributed by atoms with E-state index in [4.69, 9.17) is 0 Å². The van der Waals surface area contributed by atoms with E-state index in [0.717, 1.165) is 17.8 Å². The molecule has 20 heavy (non-hydrogen) atoms. The van der Waals surface area contributed by atoms with Crippen molar-refractivity contribution in [1.82, 2.24) is 10.2 Å². The molecule has 3 nitrogen and oxygen atoms in total. The molecule has 1 aromatic heterocycles. The van der Waals surface area contributed by atoms with Gasteiger partial charge in [-0.25, -0.2) is 0 Å². The summed E-state index contributed by atoms with van der Waals surface area (Å²) in [4.78, 5) is 15.8. The lowest BCUT2D eigenvalue weighted by molar-refractivity contribution is -0.131. The molecule has 1 N–H and O–H groups in total. The van der Waals surface area contributed by atoms with Crippen LogP contribution in [-0.4, -0.2) is 23.4 Å². The molecular formula is C16H22N2OS. The molecule has 3 aliphatic rings. The van der Waals surface area contributed by atoms with Crippen LogP contribution in [-0.2, 0) is 4.79 Å². The monoisotopic (exact) mass is 290 g/mol. The lowest BCUT2D eigenvalue weighted by Gasteiger charge is -2.37. The van der Waals surface area contributed by atoms with Crippen molar-refractivity contribution in [2.75, 3.05) is 6.54 Å². The lowest BCUT2D eigenvalue weighted by atomic mass is 9.83. The molecule has 3 fully saturated rings. The van der Waals surface area contributed by atoms with Gasteiger partial charge in [0.1, 0.15) is 6.17 Å². The van der Waals surface area contributed by atoms with E-state index < -0.39 is 0 Å². The van der Waals surface area contributed by atoms with Crippen LogP contribution < -0.4 is 5.32 Å². The van der Waals surface area contributed by atoms with E-state index in [2.05, 4.69) is 34.7 Å². The molecule has 0 spiro atoms. The van der Waals surface area contributed by atoms with E-state index in [9.17, 15) is 4.79 Å². The van der Waals surface area contributed by atoms with E-state index in [-0.39, 0.29) is 12.1 Å². The van der Waals surface area contributed by atoms with Crippen LogP contribution in [0.15, 0.2) is 17.5 Å². The number of fused-ring (bicyclic) bond motifs is 2. The standard InChI is InChI=1S/C16H22N2OS/c1-10(13-8-11-4-5-12(13)7-11)18-15(19)9-17-16(18)14-3-2-6-20-14/h2-3,6,10-13,16-17H,4-5,7-9H2,1H3. The zero-order valence-corrected chi connectivity index (χ0v) is 12.7. The summed E-state index contributed by atoms with van der Waals surface area (Å²) in [5, 5.41) is 5.49. The van der Waals surface area contributed by atoms with Crippen LogP contribution in [0.2, 0.25) is 0 Å². The topological polar surface area (TPSA) is 32.3 Å². The van der Waals surface area contributed by atoms with Gasteiger partial charge in [-0.2, -0.15) is 0 Å². The molecular weight excluding hydrogens is 268 g/mol. The van der Waals surface area contributed by atoms with Crippen molar-refractivity contribution in [2.24, 2.45) is 17.8 Å². The van der Waals surface area contributed by atoms with Crippen LogP contribution in [0.25, 0.3) is 0 Å². The van der Waals surface area contributed by atoms with E-state index in [0.29, 0.717) is 12.6 Å². The average molecular weight is 290 g/mol. The minimum atomic E-state index is 0.108. The normalized spacial score (nSPS) is 37.9. The number of hydrogen-bond acceptors (Lipinski definition) is 3. The number of nitrogens with zero attached hydrogens (tertiary/aromatic N) is 1. The zero-order chi connectivity index (χ0) is 13.7. The van der Waals surface area contributed by atoms with Crippen LogP contribution in [0.1, 0.15) is 43.6 Å².